The number of nitro groups is 1. The summed E-state index contributed by atoms with van der Waals surface area (Å²) in [6, 6.07) is 4.57. The molecule has 0 aliphatic carbocycles. The summed E-state index contributed by atoms with van der Waals surface area (Å²) < 4.78 is 0. The largest absolute Gasteiger partial charge is 0.378 e. The predicted molar refractivity (Wildman–Crippen MR) is 49.7 cm³/mol. The fraction of sp³-hybridized carbons (Fsp3) is 0.125. The van der Waals surface area contributed by atoms with Crippen LogP contribution in [0.15, 0.2) is 23.2 Å². The minimum Gasteiger partial charge on any atom is -0.378 e. The third-order valence-electron chi connectivity index (χ3n) is 1.81. The Balaban J connectivity index is 2.48. The second-order valence-corrected chi connectivity index (χ2v) is 2.65. The lowest BCUT2D eigenvalue weighted by molar-refractivity contribution is -0.384. The van der Waals surface area contributed by atoms with Gasteiger partial charge in [-0.05, 0) is 6.07 Å². The lowest BCUT2D eigenvalue weighted by Crippen LogP contribution is -2.06. The second-order valence-electron chi connectivity index (χ2n) is 2.65. The molecule has 0 radical (unpaired) electrons. The molecule has 0 atom stereocenters. The van der Waals surface area contributed by atoms with E-state index in [0.29, 0.717) is 6.54 Å². The average Bonchev–Trinajstić information content (AvgIpc) is 2.17. The summed E-state index contributed by atoms with van der Waals surface area (Å²) in [5.74, 6) is 0. The van der Waals surface area contributed by atoms with Crippen LogP contribution in [0.25, 0.3) is 0 Å². The molecule has 66 valence electrons. The van der Waals surface area contributed by atoms with Crippen LogP contribution in [0.1, 0.15) is 0 Å². The first-order chi connectivity index (χ1) is 6.27. The van der Waals surface area contributed by atoms with Crippen LogP contribution in [-0.4, -0.2) is 17.7 Å². The van der Waals surface area contributed by atoms with Crippen molar-refractivity contribution in [3.8, 4) is 0 Å². The van der Waals surface area contributed by atoms with Gasteiger partial charge in [-0.1, -0.05) is 0 Å². The van der Waals surface area contributed by atoms with Gasteiger partial charge in [0.2, 0.25) is 0 Å². The lowest BCUT2D eigenvalue weighted by Gasteiger charge is -2.10. The first kappa shape index (κ1) is 7.72. The summed E-state index contributed by atoms with van der Waals surface area (Å²) in [6.07, 6.45) is 1.73. The number of rotatable bonds is 1. The molecule has 0 saturated heterocycles. The zero-order chi connectivity index (χ0) is 9.26. The molecular formula is C8H7N3O2. The summed E-state index contributed by atoms with van der Waals surface area (Å²) in [5.41, 5.74) is 1.55. The van der Waals surface area contributed by atoms with Crippen LogP contribution >= 0.6 is 0 Å². The van der Waals surface area contributed by atoms with E-state index >= 15 is 0 Å². The molecule has 0 aromatic heterocycles. The number of aliphatic imine (C=N–C) groups is 1. The molecule has 1 aliphatic rings. The number of non-ortho nitro benzene ring substituents is 1. The van der Waals surface area contributed by atoms with Gasteiger partial charge < -0.3 is 5.32 Å². The predicted octanol–water partition coefficient (Wildman–Crippen LogP) is 1.72. The Hall–Kier alpha value is -1.91. The van der Waals surface area contributed by atoms with Crippen molar-refractivity contribution in [3.05, 3.63) is 28.3 Å². The van der Waals surface area contributed by atoms with E-state index in [1.807, 2.05) is 0 Å². The fourth-order valence-corrected chi connectivity index (χ4v) is 1.19. The highest BCUT2D eigenvalue weighted by molar-refractivity contribution is 5.81. The third kappa shape index (κ3) is 1.35. The van der Waals surface area contributed by atoms with Crippen LogP contribution in [0.4, 0.5) is 17.1 Å². The molecule has 1 aromatic rings. The number of nitrogens with zero attached hydrogens (tertiary/aromatic N) is 2. The van der Waals surface area contributed by atoms with Gasteiger partial charge in [-0.15, -0.1) is 0 Å². The topological polar surface area (TPSA) is 67.5 Å². The van der Waals surface area contributed by atoms with Gasteiger partial charge in [0.05, 0.1) is 22.8 Å². The standard InChI is InChI=1S/C8H7N3O2/c12-11(13)6-1-2-7-8(5-6)10-4-3-9-7/h1-3,5,10H,4H2. The SMILES string of the molecule is O=[N+]([O-])c1ccc2c(c1)NCC=N2. The molecule has 0 fully saturated rings. The highest BCUT2D eigenvalue weighted by Crippen LogP contribution is 2.30. The van der Waals surface area contributed by atoms with Crippen LogP contribution in [0, 0.1) is 10.1 Å². The normalized spacial score (nSPS) is 13.2. The minimum atomic E-state index is -0.416. The van der Waals surface area contributed by atoms with E-state index in [-0.39, 0.29) is 5.69 Å². The highest BCUT2D eigenvalue weighted by atomic mass is 16.6. The zero-order valence-electron chi connectivity index (χ0n) is 6.73. The van der Waals surface area contributed by atoms with Crippen molar-refractivity contribution in [2.45, 2.75) is 0 Å². The Bertz CT molecular complexity index is 387. The van der Waals surface area contributed by atoms with E-state index in [2.05, 4.69) is 10.3 Å². The van der Waals surface area contributed by atoms with E-state index in [1.165, 1.54) is 12.1 Å². The molecule has 13 heavy (non-hydrogen) atoms. The molecule has 1 N–H and O–H groups in total. The van der Waals surface area contributed by atoms with Gasteiger partial charge in [0.25, 0.3) is 5.69 Å². The maximum Gasteiger partial charge on any atom is 0.271 e. The molecular weight excluding hydrogens is 170 g/mol. The van der Waals surface area contributed by atoms with Crippen molar-refractivity contribution in [1.82, 2.24) is 0 Å². The van der Waals surface area contributed by atoms with Gasteiger partial charge in [0, 0.05) is 18.3 Å². The van der Waals surface area contributed by atoms with Crippen LogP contribution in [0.5, 0.6) is 0 Å². The Kier molecular flexibility index (Phi) is 1.70. The van der Waals surface area contributed by atoms with Crippen molar-refractivity contribution in [3.63, 3.8) is 0 Å². The van der Waals surface area contributed by atoms with Crippen molar-refractivity contribution < 1.29 is 4.92 Å². The first-order valence-corrected chi connectivity index (χ1v) is 3.82. The molecule has 2 rings (SSSR count). The van der Waals surface area contributed by atoms with E-state index < -0.39 is 4.92 Å². The number of hydrogen-bond donors (Lipinski definition) is 1. The fourth-order valence-electron chi connectivity index (χ4n) is 1.19. The molecule has 1 heterocycles. The van der Waals surface area contributed by atoms with Gasteiger partial charge in [-0.2, -0.15) is 0 Å². The highest BCUT2D eigenvalue weighted by Gasteiger charge is 2.11. The summed E-state index contributed by atoms with van der Waals surface area (Å²) in [5, 5.41) is 13.4. The number of benzene rings is 1. The molecule has 1 aliphatic heterocycles. The van der Waals surface area contributed by atoms with Crippen LogP contribution < -0.4 is 5.32 Å². The van der Waals surface area contributed by atoms with Crippen LogP contribution in [-0.2, 0) is 0 Å². The molecule has 0 saturated carbocycles. The Labute approximate surface area is 74.3 Å². The minimum absolute atomic E-state index is 0.0864. The molecule has 0 unspecified atom stereocenters. The van der Waals surface area contributed by atoms with Gasteiger partial charge in [-0.3, -0.25) is 15.1 Å². The smallest absolute Gasteiger partial charge is 0.271 e. The van der Waals surface area contributed by atoms with E-state index in [0.717, 1.165) is 11.4 Å². The molecule has 0 bridgehead atoms. The molecule has 5 nitrogen and oxygen atoms in total. The van der Waals surface area contributed by atoms with Gasteiger partial charge in [0.15, 0.2) is 0 Å². The summed E-state index contributed by atoms with van der Waals surface area (Å²) in [7, 11) is 0. The van der Waals surface area contributed by atoms with E-state index in [9.17, 15) is 10.1 Å². The van der Waals surface area contributed by atoms with E-state index in [1.54, 1.807) is 12.3 Å². The van der Waals surface area contributed by atoms with E-state index in [4.69, 9.17) is 0 Å². The Morgan fingerprint density at radius 3 is 3.15 bits per heavy atom. The number of nitro benzene ring substituents is 1. The van der Waals surface area contributed by atoms with Crippen molar-refractivity contribution in [2.75, 3.05) is 11.9 Å². The third-order valence-corrected chi connectivity index (χ3v) is 1.81. The molecule has 5 heteroatoms. The Morgan fingerprint density at radius 2 is 2.38 bits per heavy atom. The quantitative estimate of drug-likeness (QED) is 0.524. The maximum atomic E-state index is 10.4. The van der Waals surface area contributed by atoms with Gasteiger partial charge >= 0.3 is 0 Å². The first-order valence-electron chi connectivity index (χ1n) is 3.82. The molecule has 1 aromatic carbocycles. The summed E-state index contributed by atoms with van der Waals surface area (Å²) >= 11 is 0. The van der Waals surface area contributed by atoms with Crippen molar-refractivity contribution >= 4 is 23.3 Å². The monoisotopic (exact) mass is 177 g/mol. The lowest BCUT2D eigenvalue weighted by atomic mass is 10.2. The number of nitrogens with one attached hydrogen (secondary N) is 1. The second kappa shape index (κ2) is 2.85. The van der Waals surface area contributed by atoms with Gasteiger partial charge in [0.1, 0.15) is 0 Å². The van der Waals surface area contributed by atoms with Crippen LogP contribution in [0.3, 0.4) is 0 Å². The zero-order valence-corrected chi connectivity index (χ0v) is 6.73. The van der Waals surface area contributed by atoms with Gasteiger partial charge in [-0.25, -0.2) is 0 Å². The van der Waals surface area contributed by atoms with Crippen molar-refractivity contribution in [2.24, 2.45) is 4.99 Å². The molecule has 0 amide bonds. The van der Waals surface area contributed by atoms with Crippen molar-refractivity contribution in [1.29, 1.82) is 0 Å². The summed E-state index contributed by atoms with van der Waals surface area (Å²) in [4.78, 5) is 14.1. The Morgan fingerprint density at radius 1 is 1.54 bits per heavy atom. The van der Waals surface area contributed by atoms with Crippen LogP contribution in [0.2, 0.25) is 0 Å². The number of anilines is 1. The molecule has 0 spiro atoms. The summed E-state index contributed by atoms with van der Waals surface area (Å²) in [6.45, 7) is 0.619. The maximum absolute atomic E-state index is 10.4. The number of fused-ring (bicyclic) bond motifs is 1. The number of hydrogen-bond acceptors (Lipinski definition) is 4. The average molecular weight is 177 g/mol.